The van der Waals surface area contributed by atoms with E-state index < -0.39 is 0 Å². The van der Waals surface area contributed by atoms with Crippen molar-refractivity contribution in [3.05, 3.63) is 29.3 Å². The van der Waals surface area contributed by atoms with Crippen LogP contribution in [0.15, 0.2) is 29.2 Å². The van der Waals surface area contributed by atoms with E-state index in [2.05, 4.69) is 0 Å². The summed E-state index contributed by atoms with van der Waals surface area (Å²) in [6.45, 7) is 1.22. The summed E-state index contributed by atoms with van der Waals surface area (Å²) in [6, 6.07) is 7.41. The number of amides is 1. The number of carbonyl (C=O) groups is 1. The van der Waals surface area contributed by atoms with Gasteiger partial charge in [-0.3, -0.25) is 4.79 Å². The van der Waals surface area contributed by atoms with Crippen LogP contribution >= 0.6 is 23.4 Å². The van der Waals surface area contributed by atoms with Crippen LogP contribution in [-0.4, -0.2) is 55.1 Å². The van der Waals surface area contributed by atoms with Crippen molar-refractivity contribution in [3.63, 3.8) is 0 Å². The molecular formula is C13H18ClNO3S. The van der Waals surface area contributed by atoms with Gasteiger partial charge < -0.3 is 14.7 Å². The van der Waals surface area contributed by atoms with Crippen molar-refractivity contribution in [2.45, 2.75) is 4.90 Å². The second-order valence-corrected chi connectivity index (χ2v) is 5.24. The van der Waals surface area contributed by atoms with Crippen molar-refractivity contribution < 1.29 is 14.6 Å². The Kier molecular flexibility index (Phi) is 7.90. The second kappa shape index (κ2) is 9.20. The molecule has 0 bridgehead atoms. The van der Waals surface area contributed by atoms with Gasteiger partial charge in [-0.05, 0) is 12.1 Å². The zero-order valence-corrected chi connectivity index (χ0v) is 12.4. The minimum Gasteiger partial charge on any atom is -0.395 e. The largest absolute Gasteiger partial charge is 0.395 e. The van der Waals surface area contributed by atoms with Gasteiger partial charge in [-0.2, -0.15) is 0 Å². The number of hydrogen-bond acceptors (Lipinski definition) is 4. The van der Waals surface area contributed by atoms with Gasteiger partial charge in [0.2, 0.25) is 5.91 Å². The highest BCUT2D eigenvalue weighted by Gasteiger charge is 2.13. The highest BCUT2D eigenvalue weighted by atomic mass is 35.5. The van der Waals surface area contributed by atoms with E-state index in [1.807, 2.05) is 18.2 Å². The Labute approximate surface area is 122 Å². The number of aliphatic hydroxyl groups is 1. The van der Waals surface area contributed by atoms with Crippen molar-refractivity contribution in [1.82, 2.24) is 4.90 Å². The fourth-order valence-electron chi connectivity index (χ4n) is 1.48. The zero-order valence-electron chi connectivity index (χ0n) is 10.8. The number of rotatable bonds is 8. The van der Waals surface area contributed by atoms with Gasteiger partial charge in [0.05, 0.1) is 24.0 Å². The maximum absolute atomic E-state index is 12.0. The Bertz CT molecular complexity index is 403. The van der Waals surface area contributed by atoms with Crippen molar-refractivity contribution in [2.75, 3.05) is 39.2 Å². The lowest BCUT2D eigenvalue weighted by Gasteiger charge is -2.21. The number of benzene rings is 1. The molecular weight excluding hydrogens is 286 g/mol. The number of thioether (sulfide) groups is 1. The van der Waals surface area contributed by atoms with E-state index in [1.54, 1.807) is 18.1 Å². The third kappa shape index (κ3) is 5.82. The molecule has 0 spiro atoms. The molecule has 0 fully saturated rings. The van der Waals surface area contributed by atoms with Crippen LogP contribution in [0.1, 0.15) is 0 Å². The molecule has 0 atom stereocenters. The molecule has 1 rings (SSSR count). The van der Waals surface area contributed by atoms with Gasteiger partial charge in [0.1, 0.15) is 0 Å². The van der Waals surface area contributed by atoms with Gasteiger partial charge in [-0.15, -0.1) is 11.8 Å². The van der Waals surface area contributed by atoms with Crippen LogP contribution < -0.4 is 0 Å². The summed E-state index contributed by atoms with van der Waals surface area (Å²) in [6.07, 6.45) is 0. The lowest BCUT2D eigenvalue weighted by atomic mass is 10.4. The third-order valence-electron chi connectivity index (χ3n) is 2.48. The van der Waals surface area contributed by atoms with Crippen molar-refractivity contribution in [2.24, 2.45) is 0 Å². The Morgan fingerprint density at radius 1 is 1.42 bits per heavy atom. The molecule has 1 N–H and O–H groups in total. The summed E-state index contributed by atoms with van der Waals surface area (Å²) < 4.78 is 4.95. The average Bonchev–Trinajstić information content (AvgIpc) is 2.42. The number of methoxy groups -OCH3 is 1. The fourth-order valence-corrected chi connectivity index (χ4v) is 2.62. The van der Waals surface area contributed by atoms with Gasteiger partial charge in [-0.25, -0.2) is 0 Å². The first kappa shape index (κ1) is 16.3. The normalized spacial score (nSPS) is 10.5. The molecule has 0 saturated carbocycles. The van der Waals surface area contributed by atoms with Gasteiger partial charge >= 0.3 is 0 Å². The molecule has 0 saturated heterocycles. The van der Waals surface area contributed by atoms with Crippen LogP contribution in [-0.2, 0) is 9.53 Å². The Morgan fingerprint density at radius 2 is 2.16 bits per heavy atom. The molecule has 0 radical (unpaired) electrons. The quantitative estimate of drug-likeness (QED) is 0.745. The van der Waals surface area contributed by atoms with E-state index in [0.717, 1.165) is 4.90 Å². The first-order valence-electron chi connectivity index (χ1n) is 5.94. The Hall–Kier alpha value is -0.750. The first-order chi connectivity index (χ1) is 9.19. The van der Waals surface area contributed by atoms with Crippen molar-refractivity contribution >= 4 is 29.3 Å². The first-order valence-corrected chi connectivity index (χ1v) is 7.30. The van der Waals surface area contributed by atoms with Crippen LogP contribution in [0.5, 0.6) is 0 Å². The number of halogens is 1. The maximum Gasteiger partial charge on any atom is 0.233 e. The molecule has 0 unspecified atom stereocenters. The van der Waals surface area contributed by atoms with Gasteiger partial charge in [0.25, 0.3) is 0 Å². The molecule has 0 heterocycles. The maximum atomic E-state index is 12.0. The van der Waals surface area contributed by atoms with E-state index in [1.165, 1.54) is 11.8 Å². The Balaban J connectivity index is 2.50. The highest BCUT2D eigenvalue weighted by Crippen LogP contribution is 2.26. The van der Waals surface area contributed by atoms with Gasteiger partial charge in [-0.1, -0.05) is 23.7 Å². The lowest BCUT2D eigenvalue weighted by molar-refractivity contribution is -0.129. The van der Waals surface area contributed by atoms with E-state index in [-0.39, 0.29) is 12.5 Å². The van der Waals surface area contributed by atoms with Crippen LogP contribution in [0.4, 0.5) is 0 Å². The average molecular weight is 304 g/mol. The smallest absolute Gasteiger partial charge is 0.233 e. The molecule has 1 aromatic carbocycles. The standard InChI is InChI=1S/C13H18ClNO3S/c1-18-9-7-15(6-8-16)13(17)10-19-12-5-3-2-4-11(12)14/h2-5,16H,6-10H2,1H3. The van der Waals surface area contributed by atoms with Crippen LogP contribution in [0.25, 0.3) is 0 Å². The number of nitrogens with zero attached hydrogens (tertiary/aromatic N) is 1. The number of ether oxygens (including phenoxy) is 1. The van der Waals surface area contributed by atoms with Crippen LogP contribution in [0.2, 0.25) is 5.02 Å². The number of hydrogen-bond donors (Lipinski definition) is 1. The molecule has 1 aromatic rings. The number of carbonyl (C=O) groups excluding carboxylic acids is 1. The molecule has 106 valence electrons. The Morgan fingerprint density at radius 3 is 2.79 bits per heavy atom. The van der Waals surface area contributed by atoms with E-state index in [0.29, 0.717) is 30.5 Å². The topological polar surface area (TPSA) is 49.8 Å². The van der Waals surface area contributed by atoms with Crippen LogP contribution in [0, 0.1) is 0 Å². The molecule has 19 heavy (non-hydrogen) atoms. The molecule has 1 amide bonds. The fraction of sp³-hybridized carbons (Fsp3) is 0.462. The lowest BCUT2D eigenvalue weighted by Crippen LogP contribution is -2.37. The zero-order chi connectivity index (χ0) is 14.1. The van der Waals surface area contributed by atoms with Gasteiger partial charge in [0.15, 0.2) is 0 Å². The van der Waals surface area contributed by atoms with Crippen molar-refractivity contribution in [1.29, 1.82) is 0 Å². The summed E-state index contributed by atoms with van der Waals surface area (Å²) >= 11 is 7.42. The summed E-state index contributed by atoms with van der Waals surface area (Å²) in [5.74, 6) is 0.268. The molecule has 6 heteroatoms. The predicted molar refractivity (Wildman–Crippen MR) is 77.7 cm³/mol. The van der Waals surface area contributed by atoms with E-state index in [4.69, 9.17) is 21.4 Å². The molecule has 0 aliphatic rings. The minimum atomic E-state index is -0.0494. The third-order valence-corrected chi connectivity index (χ3v) is 3.98. The molecule has 0 aliphatic carbocycles. The van der Waals surface area contributed by atoms with Crippen molar-refractivity contribution in [3.8, 4) is 0 Å². The summed E-state index contributed by atoms with van der Waals surface area (Å²) in [7, 11) is 1.58. The summed E-state index contributed by atoms with van der Waals surface area (Å²) in [5.41, 5.74) is 0. The summed E-state index contributed by atoms with van der Waals surface area (Å²) in [5, 5.41) is 9.60. The van der Waals surface area contributed by atoms with E-state index in [9.17, 15) is 4.79 Å². The minimum absolute atomic E-state index is 0.0315. The highest BCUT2D eigenvalue weighted by molar-refractivity contribution is 8.00. The molecule has 0 aliphatic heterocycles. The molecule has 0 aromatic heterocycles. The van der Waals surface area contributed by atoms with Crippen LogP contribution in [0.3, 0.4) is 0 Å². The SMILES string of the molecule is COCCN(CCO)C(=O)CSc1ccccc1Cl. The predicted octanol–water partition coefficient (Wildman–Crippen LogP) is 1.90. The second-order valence-electron chi connectivity index (χ2n) is 3.82. The van der Waals surface area contributed by atoms with E-state index >= 15 is 0 Å². The number of aliphatic hydroxyl groups excluding tert-OH is 1. The van der Waals surface area contributed by atoms with Gasteiger partial charge in [0, 0.05) is 25.1 Å². The molecule has 4 nitrogen and oxygen atoms in total. The summed E-state index contributed by atoms with van der Waals surface area (Å²) in [4.78, 5) is 14.5. The monoisotopic (exact) mass is 303 g/mol.